The monoisotopic (exact) mass is 380 g/mol. The molecule has 28 heavy (non-hydrogen) atoms. The van der Waals surface area contributed by atoms with Gasteiger partial charge in [0.2, 0.25) is 5.91 Å². The molecule has 2 saturated carbocycles. The average molecular weight is 380 g/mol. The van der Waals surface area contributed by atoms with E-state index in [2.05, 4.69) is 36.8 Å². The van der Waals surface area contributed by atoms with Crippen LogP contribution in [0.4, 0.5) is 0 Å². The van der Waals surface area contributed by atoms with Crippen molar-refractivity contribution in [2.45, 2.75) is 70.3 Å². The first-order chi connectivity index (χ1) is 13.7. The lowest BCUT2D eigenvalue weighted by atomic mass is 9.82. The van der Waals surface area contributed by atoms with Crippen LogP contribution in [0.3, 0.4) is 0 Å². The Morgan fingerprint density at radius 3 is 3.00 bits per heavy atom. The van der Waals surface area contributed by atoms with Crippen molar-refractivity contribution >= 4 is 22.7 Å². The number of amides is 1. The van der Waals surface area contributed by atoms with Crippen molar-refractivity contribution in [1.29, 1.82) is 0 Å². The van der Waals surface area contributed by atoms with E-state index < -0.39 is 0 Å². The topological polar surface area (TPSA) is 88.0 Å². The quantitative estimate of drug-likeness (QED) is 0.684. The highest BCUT2D eigenvalue weighted by Gasteiger charge is 2.37. The Labute approximate surface area is 164 Å². The van der Waals surface area contributed by atoms with Crippen molar-refractivity contribution in [3.05, 3.63) is 24.3 Å². The maximum atomic E-state index is 12.4. The van der Waals surface area contributed by atoms with E-state index in [0.717, 1.165) is 54.2 Å². The van der Waals surface area contributed by atoms with E-state index in [1.807, 2.05) is 12.3 Å². The van der Waals surface area contributed by atoms with Crippen molar-refractivity contribution in [3.63, 3.8) is 0 Å². The predicted octanol–water partition coefficient (Wildman–Crippen LogP) is 3.57. The predicted molar refractivity (Wildman–Crippen MR) is 107 cm³/mol. The van der Waals surface area contributed by atoms with Crippen molar-refractivity contribution in [1.82, 2.24) is 29.9 Å². The van der Waals surface area contributed by atoms with Crippen LogP contribution in [-0.2, 0) is 4.79 Å². The van der Waals surface area contributed by atoms with Gasteiger partial charge < -0.3 is 10.3 Å². The minimum Gasteiger partial charge on any atom is -0.353 e. The summed E-state index contributed by atoms with van der Waals surface area (Å²) in [5.74, 6) is 2.81. The van der Waals surface area contributed by atoms with Crippen LogP contribution in [0, 0.1) is 11.8 Å². The lowest BCUT2D eigenvalue weighted by Crippen LogP contribution is -2.33. The molecular formula is C21H28N6O. The summed E-state index contributed by atoms with van der Waals surface area (Å²) in [5.41, 5.74) is 2.64. The highest BCUT2D eigenvalue weighted by molar-refractivity contribution is 5.76. The van der Waals surface area contributed by atoms with Crippen LogP contribution in [-0.4, -0.2) is 36.5 Å². The van der Waals surface area contributed by atoms with Gasteiger partial charge >= 0.3 is 0 Å². The van der Waals surface area contributed by atoms with Crippen LogP contribution in [0.2, 0.25) is 0 Å². The van der Waals surface area contributed by atoms with Crippen LogP contribution in [0.1, 0.15) is 70.0 Å². The minimum atomic E-state index is 0.218. The van der Waals surface area contributed by atoms with Gasteiger partial charge in [-0.1, -0.05) is 32.6 Å². The molecule has 1 amide bonds. The molecule has 5 rings (SSSR count). The standard InChI is InChI=1S/C21H28N6O/c1-2-14-10-15(24-19(28)7-6-13-4-3-5-13)11-16(14)21-26-25-18-12-23-20-17(27(18)21)8-9-22-20/h8-9,12-16,22H,2-7,10-11H2,1H3,(H,24,28)/t14-,15+,16+/m1/s1. The Kier molecular flexibility index (Phi) is 4.53. The van der Waals surface area contributed by atoms with Crippen molar-refractivity contribution in [2.24, 2.45) is 11.8 Å². The van der Waals surface area contributed by atoms with Gasteiger partial charge in [-0.2, -0.15) is 0 Å². The molecule has 3 heterocycles. The molecule has 3 aromatic rings. The number of nitrogens with one attached hydrogen (secondary N) is 2. The molecule has 0 bridgehead atoms. The smallest absolute Gasteiger partial charge is 0.220 e. The van der Waals surface area contributed by atoms with Gasteiger partial charge in [-0.05, 0) is 37.2 Å². The largest absolute Gasteiger partial charge is 0.353 e. The van der Waals surface area contributed by atoms with Crippen molar-refractivity contribution < 1.29 is 4.79 Å². The third-order valence-corrected chi connectivity index (χ3v) is 6.89. The van der Waals surface area contributed by atoms with Gasteiger partial charge in [-0.3, -0.25) is 9.20 Å². The van der Waals surface area contributed by atoms with E-state index in [9.17, 15) is 4.79 Å². The number of hydrogen-bond acceptors (Lipinski definition) is 4. The summed E-state index contributed by atoms with van der Waals surface area (Å²) in [6.07, 6.45) is 12.4. The van der Waals surface area contributed by atoms with Crippen molar-refractivity contribution in [3.8, 4) is 0 Å². The summed E-state index contributed by atoms with van der Waals surface area (Å²) in [6.45, 7) is 2.23. The number of aromatic amines is 1. The third-order valence-electron chi connectivity index (χ3n) is 6.89. The SMILES string of the molecule is CC[C@@H]1C[C@H](NC(=O)CCC2CCC2)C[C@@H]1c1nnc2cnc3[nH]ccc3n12. The fourth-order valence-electron chi connectivity index (χ4n) is 5.06. The van der Waals surface area contributed by atoms with E-state index >= 15 is 0 Å². The average Bonchev–Trinajstić information content (AvgIpc) is 3.36. The van der Waals surface area contributed by atoms with Gasteiger partial charge in [0, 0.05) is 24.6 Å². The molecule has 0 spiro atoms. The molecule has 2 aliphatic carbocycles. The molecule has 0 aromatic carbocycles. The molecule has 0 radical (unpaired) electrons. The Morgan fingerprint density at radius 2 is 2.21 bits per heavy atom. The molecular weight excluding hydrogens is 352 g/mol. The second-order valence-electron chi connectivity index (χ2n) is 8.57. The highest BCUT2D eigenvalue weighted by Crippen LogP contribution is 2.41. The number of fused-ring (bicyclic) bond motifs is 3. The van der Waals surface area contributed by atoms with Crippen LogP contribution in [0.25, 0.3) is 16.8 Å². The molecule has 3 atom stereocenters. The Balaban J connectivity index is 1.34. The first kappa shape index (κ1) is 17.6. The lowest BCUT2D eigenvalue weighted by Gasteiger charge is -2.25. The number of hydrogen-bond donors (Lipinski definition) is 2. The summed E-state index contributed by atoms with van der Waals surface area (Å²) >= 11 is 0. The number of H-pyrrole nitrogens is 1. The highest BCUT2D eigenvalue weighted by atomic mass is 16.1. The summed E-state index contributed by atoms with van der Waals surface area (Å²) in [6, 6.07) is 2.26. The third kappa shape index (κ3) is 3.06. The van der Waals surface area contributed by atoms with Gasteiger partial charge in [0.25, 0.3) is 0 Å². The molecule has 7 nitrogen and oxygen atoms in total. The fraction of sp³-hybridized carbons (Fsp3) is 0.619. The first-order valence-electron chi connectivity index (χ1n) is 10.7. The van der Waals surface area contributed by atoms with E-state index in [4.69, 9.17) is 0 Å². The molecule has 0 unspecified atom stereocenters. The molecule has 2 fully saturated rings. The summed E-state index contributed by atoms with van der Waals surface area (Å²) in [4.78, 5) is 20.0. The first-order valence-corrected chi connectivity index (χ1v) is 10.7. The van der Waals surface area contributed by atoms with Crippen LogP contribution in [0.15, 0.2) is 18.5 Å². The van der Waals surface area contributed by atoms with Crippen LogP contribution < -0.4 is 5.32 Å². The number of rotatable bonds is 6. The maximum Gasteiger partial charge on any atom is 0.220 e. The van der Waals surface area contributed by atoms with E-state index in [1.165, 1.54) is 19.3 Å². The van der Waals surface area contributed by atoms with Gasteiger partial charge in [0.1, 0.15) is 5.82 Å². The van der Waals surface area contributed by atoms with Gasteiger partial charge in [0.05, 0.1) is 11.7 Å². The number of aromatic nitrogens is 5. The number of carbonyl (C=O) groups excluding carboxylic acids is 1. The molecule has 2 aliphatic rings. The minimum absolute atomic E-state index is 0.218. The Morgan fingerprint density at radius 1 is 1.32 bits per heavy atom. The Bertz CT molecular complexity index is 987. The van der Waals surface area contributed by atoms with Gasteiger partial charge in [0.15, 0.2) is 11.3 Å². The lowest BCUT2D eigenvalue weighted by molar-refractivity contribution is -0.122. The van der Waals surface area contributed by atoms with Crippen molar-refractivity contribution in [2.75, 3.05) is 0 Å². The zero-order valence-corrected chi connectivity index (χ0v) is 16.4. The number of nitrogens with zero attached hydrogens (tertiary/aromatic N) is 4. The zero-order chi connectivity index (χ0) is 19.1. The van der Waals surface area contributed by atoms with Gasteiger partial charge in [-0.15, -0.1) is 10.2 Å². The summed E-state index contributed by atoms with van der Waals surface area (Å²) in [5, 5.41) is 12.2. The summed E-state index contributed by atoms with van der Waals surface area (Å²) < 4.78 is 2.13. The molecule has 148 valence electrons. The fourth-order valence-corrected chi connectivity index (χ4v) is 5.06. The maximum absolute atomic E-state index is 12.4. The normalized spacial score (nSPS) is 25.4. The molecule has 0 saturated heterocycles. The molecule has 7 heteroatoms. The zero-order valence-electron chi connectivity index (χ0n) is 16.4. The molecule has 0 aliphatic heterocycles. The Hall–Kier alpha value is -2.44. The number of carbonyl (C=O) groups is 1. The van der Waals surface area contributed by atoms with E-state index in [-0.39, 0.29) is 11.9 Å². The van der Waals surface area contributed by atoms with E-state index in [0.29, 0.717) is 18.3 Å². The molecule has 3 aromatic heterocycles. The second-order valence-corrected chi connectivity index (χ2v) is 8.57. The van der Waals surface area contributed by atoms with Gasteiger partial charge in [-0.25, -0.2) is 4.98 Å². The van der Waals surface area contributed by atoms with Crippen LogP contribution >= 0.6 is 0 Å². The molecule has 2 N–H and O–H groups in total. The van der Waals surface area contributed by atoms with E-state index in [1.54, 1.807) is 6.20 Å². The van der Waals surface area contributed by atoms with Crippen LogP contribution in [0.5, 0.6) is 0 Å². The second kappa shape index (κ2) is 7.18. The summed E-state index contributed by atoms with van der Waals surface area (Å²) in [7, 11) is 0.